The topological polar surface area (TPSA) is 175 Å². The lowest BCUT2D eigenvalue weighted by Gasteiger charge is -2.40. The number of carboxylic acid groups (broad SMARTS) is 1. The number of unbranched alkanes of at least 4 members (excludes halogenated alkanes) is 2. The molecule has 1 saturated heterocycles. The van der Waals surface area contributed by atoms with Gasteiger partial charge in [0.05, 0.1) is 13.0 Å². The van der Waals surface area contributed by atoms with Crippen LogP contribution in [0.15, 0.2) is 158 Å². The number of rotatable bonds is 41. The second-order valence-electron chi connectivity index (χ2n) is 17.0. The molecule has 6 unspecified atom stereocenters. The molecule has 1 heterocycles. The molecule has 0 radical (unpaired) electrons. The maximum Gasteiger partial charge on any atom is 0.335 e. The molecule has 0 aliphatic carbocycles. The Balaban J connectivity index is 2.86. The molecule has 0 aromatic rings. The fraction of sp³-hybridized carbons (Fsp3) is 0.508. The van der Waals surface area contributed by atoms with Crippen LogP contribution < -0.4 is 0 Å². The lowest BCUT2D eigenvalue weighted by Crippen LogP contribution is -2.61. The van der Waals surface area contributed by atoms with Crippen molar-refractivity contribution >= 4 is 23.9 Å². The third-order valence-electron chi connectivity index (χ3n) is 10.6. The Morgan fingerprint density at radius 1 is 0.466 bits per heavy atom. The second kappa shape index (κ2) is 47.4. The number of allylic oxidation sites excluding steroid dienone is 25. The minimum atomic E-state index is -1.95. The van der Waals surface area contributed by atoms with Gasteiger partial charge >= 0.3 is 23.9 Å². The normalized spacial score (nSPS) is 19.6. The van der Waals surface area contributed by atoms with E-state index in [1.807, 2.05) is 42.5 Å². The van der Waals surface area contributed by atoms with Gasteiger partial charge < -0.3 is 39.0 Å². The Labute approximate surface area is 437 Å². The Bertz CT molecular complexity index is 1870. The largest absolute Gasteiger partial charge is 0.479 e. The molecule has 1 fully saturated rings. The molecule has 0 aromatic heterocycles. The van der Waals surface area contributed by atoms with Crippen molar-refractivity contribution in [1.82, 2.24) is 0 Å². The minimum Gasteiger partial charge on any atom is -0.479 e. The molecule has 12 nitrogen and oxygen atoms in total. The van der Waals surface area contributed by atoms with E-state index < -0.39 is 73.9 Å². The summed E-state index contributed by atoms with van der Waals surface area (Å²) in [5.74, 6) is -3.49. The summed E-state index contributed by atoms with van der Waals surface area (Å²) in [5, 5.41) is 31.4. The Hall–Kier alpha value is -5.66. The van der Waals surface area contributed by atoms with Crippen LogP contribution in [-0.4, -0.2) is 89.2 Å². The van der Waals surface area contributed by atoms with Crippen LogP contribution in [0, 0.1) is 0 Å². The molecule has 6 atom stereocenters. The van der Waals surface area contributed by atoms with Crippen LogP contribution in [0.4, 0.5) is 0 Å². The van der Waals surface area contributed by atoms with Gasteiger partial charge in [-0.15, -0.1) is 0 Å². The van der Waals surface area contributed by atoms with E-state index in [2.05, 4.69) is 130 Å². The zero-order valence-corrected chi connectivity index (χ0v) is 44.0. The molecule has 12 heteroatoms. The smallest absolute Gasteiger partial charge is 0.335 e. The maximum absolute atomic E-state index is 13.0. The van der Waals surface area contributed by atoms with Crippen LogP contribution in [0.5, 0.6) is 0 Å². The van der Waals surface area contributed by atoms with E-state index in [0.29, 0.717) is 32.1 Å². The number of carboxylic acids is 1. The molecule has 0 spiro atoms. The average molecular weight is 1010 g/mol. The summed E-state index contributed by atoms with van der Waals surface area (Å²) < 4.78 is 28.0. The Morgan fingerprint density at radius 2 is 0.877 bits per heavy atom. The van der Waals surface area contributed by atoms with Gasteiger partial charge in [-0.2, -0.15) is 0 Å². The summed E-state index contributed by atoms with van der Waals surface area (Å²) in [6, 6.07) is 0. The van der Waals surface area contributed by atoms with Crippen molar-refractivity contribution in [2.75, 3.05) is 13.2 Å². The number of aliphatic carboxylic acids is 1. The predicted octanol–water partition coefficient (Wildman–Crippen LogP) is 13.0. The summed E-state index contributed by atoms with van der Waals surface area (Å²) >= 11 is 0. The average Bonchev–Trinajstić information content (AvgIpc) is 3.37. The van der Waals surface area contributed by atoms with E-state index in [1.54, 1.807) is 6.08 Å². The first-order valence-electron chi connectivity index (χ1n) is 26.5. The van der Waals surface area contributed by atoms with Crippen molar-refractivity contribution in [1.29, 1.82) is 0 Å². The summed E-state index contributed by atoms with van der Waals surface area (Å²) in [4.78, 5) is 50.8. The first-order valence-corrected chi connectivity index (χ1v) is 26.5. The van der Waals surface area contributed by atoms with Crippen molar-refractivity contribution in [2.45, 2.75) is 186 Å². The van der Waals surface area contributed by atoms with Crippen LogP contribution in [0.2, 0.25) is 0 Å². The van der Waals surface area contributed by atoms with Crippen molar-refractivity contribution in [3.8, 4) is 0 Å². The molecule has 0 saturated carbocycles. The number of aliphatic hydroxyl groups excluding tert-OH is 2. The van der Waals surface area contributed by atoms with E-state index >= 15 is 0 Å². The van der Waals surface area contributed by atoms with E-state index in [0.717, 1.165) is 77.0 Å². The van der Waals surface area contributed by atoms with Gasteiger partial charge in [-0.25, -0.2) is 4.79 Å². The fourth-order valence-electron chi connectivity index (χ4n) is 6.68. The number of carbonyl (C=O) groups excluding carboxylic acids is 3. The quantitative estimate of drug-likeness (QED) is 0.0229. The minimum absolute atomic E-state index is 0.00710. The Kier molecular flexibility index (Phi) is 42.4. The van der Waals surface area contributed by atoms with Gasteiger partial charge in [0.25, 0.3) is 0 Å². The van der Waals surface area contributed by atoms with Crippen molar-refractivity contribution in [2.24, 2.45) is 0 Å². The lowest BCUT2D eigenvalue weighted by molar-refractivity contribution is -0.301. The second-order valence-corrected chi connectivity index (χ2v) is 17.0. The lowest BCUT2D eigenvalue weighted by atomic mass is 9.98. The predicted molar refractivity (Wildman–Crippen MR) is 293 cm³/mol. The first kappa shape index (κ1) is 65.4. The summed E-state index contributed by atoms with van der Waals surface area (Å²) in [5.41, 5.74) is 0. The molecular weight excluding hydrogens is 925 g/mol. The van der Waals surface area contributed by atoms with Crippen molar-refractivity contribution in [3.63, 3.8) is 0 Å². The number of carbonyl (C=O) groups is 4. The Morgan fingerprint density at radius 3 is 1.32 bits per heavy atom. The zero-order valence-electron chi connectivity index (χ0n) is 44.0. The molecule has 404 valence electrons. The van der Waals surface area contributed by atoms with Crippen LogP contribution in [0.3, 0.4) is 0 Å². The number of esters is 3. The highest BCUT2D eigenvalue weighted by Crippen LogP contribution is 2.26. The highest BCUT2D eigenvalue weighted by Gasteiger charge is 2.50. The molecule has 0 bridgehead atoms. The third-order valence-corrected chi connectivity index (χ3v) is 10.6. The van der Waals surface area contributed by atoms with Crippen LogP contribution >= 0.6 is 0 Å². The SMILES string of the molecule is CC/C=C\C/C=C\C/C=C\C/C=C\C/C=C\CC(=O)OCC(COC1OC(C(=O)O)C(O)C(O)C1OC(=O)CCCC/C=C\C/C=C\C/C=C\C/C=C\CC)OC(=O)CC/C=C\C/C=C\C/C=C\C/C=C\CC. The van der Waals surface area contributed by atoms with Crippen LogP contribution in [0.25, 0.3) is 0 Å². The standard InChI is InChI=1S/C61H88O12/c1-4-7-10-13-16-19-22-25-27-30-32-35-38-41-44-47-53(62)69-50-52(71-54(63)48-45-42-39-36-33-29-24-21-18-15-12-9-6-3)51-70-61-59(57(66)56(65)58(73-61)60(67)68)72-55(64)49-46-43-40-37-34-31-28-26-23-20-17-14-11-8-5-2/h7-12,16-21,25-29,32-35,37,39,41-42,44,52,56-59,61,65-66H,4-6,13-15,22-24,30-31,36,38,40,43,45-51H2,1-3H3,(H,67,68)/b10-7-,11-8-,12-9-,19-16-,20-17-,21-18-,27-25-,28-26-,33-29-,35-32-,37-34-,42-39-,44-41-. The number of hydrogen-bond donors (Lipinski definition) is 3. The molecule has 1 aliphatic heterocycles. The van der Waals surface area contributed by atoms with E-state index in [4.69, 9.17) is 23.7 Å². The van der Waals surface area contributed by atoms with Crippen molar-refractivity contribution < 1.29 is 58.2 Å². The summed E-state index contributed by atoms with van der Waals surface area (Å²) in [6.45, 7) is 5.42. The van der Waals surface area contributed by atoms with Gasteiger partial charge in [0, 0.05) is 12.8 Å². The highest BCUT2D eigenvalue weighted by atomic mass is 16.7. The van der Waals surface area contributed by atoms with Crippen molar-refractivity contribution in [3.05, 3.63) is 158 Å². The maximum atomic E-state index is 13.0. The third kappa shape index (κ3) is 37.7. The molecule has 0 aromatic carbocycles. The zero-order chi connectivity index (χ0) is 53.3. The summed E-state index contributed by atoms with van der Waals surface area (Å²) in [6.07, 6.45) is 57.0. The molecule has 73 heavy (non-hydrogen) atoms. The number of hydrogen-bond acceptors (Lipinski definition) is 11. The van der Waals surface area contributed by atoms with Gasteiger partial charge in [-0.1, -0.05) is 179 Å². The van der Waals surface area contributed by atoms with Gasteiger partial charge in [0.1, 0.15) is 18.8 Å². The fourth-order valence-corrected chi connectivity index (χ4v) is 6.68. The summed E-state index contributed by atoms with van der Waals surface area (Å²) in [7, 11) is 0. The molecule has 3 N–H and O–H groups in total. The first-order chi connectivity index (χ1) is 35.6. The van der Waals surface area contributed by atoms with Gasteiger partial charge in [0.2, 0.25) is 0 Å². The molecule has 1 aliphatic rings. The molecular formula is C61H88O12. The van der Waals surface area contributed by atoms with Gasteiger partial charge in [-0.3, -0.25) is 14.4 Å². The number of ether oxygens (including phenoxy) is 5. The van der Waals surface area contributed by atoms with Crippen LogP contribution in [-0.2, 0) is 42.9 Å². The highest BCUT2D eigenvalue weighted by molar-refractivity contribution is 5.74. The monoisotopic (exact) mass is 1010 g/mol. The van der Waals surface area contributed by atoms with Crippen LogP contribution in [0.1, 0.15) is 149 Å². The molecule has 1 rings (SSSR count). The van der Waals surface area contributed by atoms with E-state index in [9.17, 15) is 34.5 Å². The van der Waals surface area contributed by atoms with Gasteiger partial charge in [0.15, 0.2) is 24.6 Å². The molecule has 0 amide bonds. The number of aliphatic hydroxyl groups is 2. The van der Waals surface area contributed by atoms with E-state index in [1.165, 1.54) is 0 Å². The van der Waals surface area contributed by atoms with E-state index in [-0.39, 0.29) is 19.3 Å². The van der Waals surface area contributed by atoms with Gasteiger partial charge in [-0.05, 0) is 109 Å².